The number of hydrogen-bond acceptors (Lipinski definition) is 4. The third-order valence-electron chi connectivity index (χ3n) is 2.07. The molecule has 0 aliphatic carbocycles. The Morgan fingerprint density at radius 1 is 1.33 bits per heavy atom. The van der Waals surface area contributed by atoms with E-state index in [2.05, 4.69) is 36.4 Å². The van der Waals surface area contributed by atoms with Gasteiger partial charge in [-0.1, -0.05) is 34.1 Å². The van der Waals surface area contributed by atoms with Gasteiger partial charge in [0.25, 0.3) is 5.91 Å². The van der Waals surface area contributed by atoms with E-state index in [0.29, 0.717) is 0 Å². The van der Waals surface area contributed by atoms with E-state index in [1.807, 2.05) is 24.3 Å². The quantitative estimate of drug-likeness (QED) is 0.696. The largest absolute Gasteiger partial charge is 0.291 e. The Bertz CT molecular complexity index is 571. The summed E-state index contributed by atoms with van der Waals surface area (Å²) in [6.45, 7) is 0. The lowest BCUT2D eigenvalue weighted by Gasteiger charge is -1.98. The maximum absolute atomic E-state index is 11.6. The molecule has 0 aliphatic rings. The van der Waals surface area contributed by atoms with Gasteiger partial charge >= 0.3 is 0 Å². The zero-order chi connectivity index (χ0) is 12.8. The molecular weight excluding hydrogens is 296 g/mol. The zero-order valence-corrected chi connectivity index (χ0v) is 10.8. The average Bonchev–Trinajstić information content (AvgIpc) is 2.42. The predicted molar refractivity (Wildman–Crippen MR) is 71.2 cm³/mol. The summed E-state index contributed by atoms with van der Waals surface area (Å²) in [6.07, 6.45) is 5.88. The SMILES string of the molecule is O=C(N/N=C\c1ccccc1Br)c1cnccn1. The number of amides is 1. The third-order valence-corrected chi connectivity index (χ3v) is 2.79. The Labute approximate surface area is 112 Å². The van der Waals surface area contributed by atoms with Crippen molar-refractivity contribution in [2.24, 2.45) is 5.10 Å². The molecule has 0 atom stereocenters. The van der Waals surface area contributed by atoms with Gasteiger partial charge in [-0.2, -0.15) is 5.10 Å². The van der Waals surface area contributed by atoms with E-state index in [-0.39, 0.29) is 5.69 Å². The highest BCUT2D eigenvalue weighted by molar-refractivity contribution is 9.10. The lowest BCUT2D eigenvalue weighted by atomic mass is 10.2. The molecule has 1 amide bonds. The van der Waals surface area contributed by atoms with E-state index in [9.17, 15) is 4.79 Å². The number of benzene rings is 1. The Morgan fingerprint density at radius 2 is 2.17 bits per heavy atom. The highest BCUT2D eigenvalue weighted by atomic mass is 79.9. The Hall–Kier alpha value is -2.08. The number of hydrogen-bond donors (Lipinski definition) is 1. The summed E-state index contributed by atoms with van der Waals surface area (Å²) >= 11 is 3.38. The lowest BCUT2D eigenvalue weighted by Crippen LogP contribution is -2.19. The second kappa shape index (κ2) is 6.02. The molecule has 1 aromatic carbocycles. The number of rotatable bonds is 3. The van der Waals surface area contributed by atoms with Crippen molar-refractivity contribution in [3.8, 4) is 0 Å². The van der Waals surface area contributed by atoms with E-state index in [0.717, 1.165) is 10.0 Å². The van der Waals surface area contributed by atoms with Gasteiger partial charge in [-0.05, 0) is 6.07 Å². The van der Waals surface area contributed by atoms with Crippen LogP contribution in [-0.4, -0.2) is 22.1 Å². The fourth-order valence-corrected chi connectivity index (χ4v) is 1.60. The number of nitrogens with one attached hydrogen (secondary N) is 1. The summed E-state index contributed by atoms with van der Waals surface area (Å²) in [5.41, 5.74) is 3.48. The minimum atomic E-state index is -0.397. The first kappa shape index (κ1) is 12.4. The topological polar surface area (TPSA) is 67.2 Å². The average molecular weight is 305 g/mol. The maximum Gasteiger partial charge on any atom is 0.291 e. The van der Waals surface area contributed by atoms with Gasteiger partial charge in [0, 0.05) is 22.4 Å². The number of carbonyl (C=O) groups is 1. The second-order valence-electron chi connectivity index (χ2n) is 3.31. The molecule has 0 saturated heterocycles. The smallest absolute Gasteiger partial charge is 0.265 e. The molecule has 2 rings (SSSR count). The highest BCUT2D eigenvalue weighted by Gasteiger charge is 2.04. The predicted octanol–water partition coefficient (Wildman–Crippen LogP) is 2.00. The van der Waals surface area contributed by atoms with Gasteiger partial charge in [-0.25, -0.2) is 10.4 Å². The number of halogens is 1. The van der Waals surface area contributed by atoms with Gasteiger partial charge in [0.1, 0.15) is 5.69 Å². The van der Waals surface area contributed by atoms with Gasteiger partial charge in [-0.15, -0.1) is 0 Å². The second-order valence-corrected chi connectivity index (χ2v) is 4.17. The van der Waals surface area contributed by atoms with Crippen LogP contribution in [0.3, 0.4) is 0 Å². The fraction of sp³-hybridized carbons (Fsp3) is 0. The number of aromatic nitrogens is 2. The van der Waals surface area contributed by atoms with E-state index < -0.39 is 5.91 Å². The summed E-state index contributed by atoms with van der Waals surface area (Å²) < 4.78 is 0.905. The molecule has 0 spiro atoms. The number of nitrogens with zero attached hydrogens (tertiary/aromatic N) is 3. The van der Waals surface area contributed by atoms with Crippen LogP contribution < -0.4 is 5.43 Å². The van der Waals surface area contributed by atoms with Gasteiger partial charge in [0.05, 0.1) is 12.4 Å². The minimum absolute atomic E-state index is 0.224. The molecule has 0 aliphatic heterocycles. The first-order chi connectivity index (χ1) is 8.77. The molecular formula is C12H9BrN4O. The molecule has 1 N–H and O–H groups in total. The van der Waals surface area contributed by atoms with Crippen LogP contribution in [0.2, 0.25) is 0 Å². The summed E-state index contributed by atoms with van der Waals surface area (Å²) in [5, 5.41) is 3.86. The standard InChI is InChI=1S/C12H9BrN4O/c13-10-4-2-1-3-9(10)7-16-17-12(18)11-8-14-5-6-15-11/h1-8H,(H,17,18)/b16-7-. The molecule has 5 nitrogen and oxygen atoms in total. The molecule has 18 heavy (non-hydrogen) atoms. The summed E-state index contributed by atoms with van der Waals surface area (Å²) in [7, 11) is 0. The van der Waals surface area contributed by atoms with Crippen LogP contribution in [0.15, 0.2) is 52.4 Å². The summed E-state index contributed by atoms with van der Waals surface area (Å²) in [6, 6.07) is 7.56. The van der Waals surface area contributed by atoms with Crippen molar-refractivity contribution in [2.75, 3.05) is 0 Å². The van der Waals surface area contributed by atoms with Crippen LogP contribution in [0.5, 0.6) is 0 Å². The van der Waals surface area contributed by atoms with Crippen LogP contribution in [0.25, 0.3) is 0 Å². The molecule has 1 aromatic heterocycles. The molecule has 0 fully saturated rings. The Kier molecular flexibility index (Phi) is 4.14. The van der Waals surface area contributed by atoms with Crippen LogP contribution in [-0.2, 0) is 0 Å². The molecule has 0 unspecified atom stereocenters. The van der Waals surface area contributed by atoms with E-state index in [1.54, 1.807) is 6.21 Å². The van der Waals surface area contributed by atoms with Crippen LogP contribution in [0, 0.1) is 0 Å². The lowest BCUT2D eigenvalue weighted by molar-refractivity contribution is 0.0950. The molecule has 0 saturated carbocycles. The third kappa shape index (κ3) is 3.21. The monoisotopic (exact) mass is 304 g/mol. The van der Waals surface area contributed by atoms with Crippen LogP contribution in [0.1, 0.15) is 16.1 Å². The van der Waals surface area contributed by atoms with Crippen molar-refractivity contribution in [2.45, 2.75) is 0 Å². The maximum atomic E-state index is 11.6. The van der Waals surface area contributed by atoms with Gasteiger partial charge in [0.15, 0.2) is 0 Å². The van der Waals surface area contributed by atoms with Crippen LogP contribution >= 0.6 is 15.9 Å². The molecule has 6 heteroatoms. The molecule has 90 valence electrons. The fourth-order valence-electron chi connectivity index (χ4n) is 1.21. The van der Waals surface area contributed by atoms with Gasteiger partial charge < -0.3 is 0 Å². The van der Waals surface area contributed by atoms with Crippen LogP contribution in [0.4, 0.5) is 0 Å². The molecule has 0 radical (unpaired) electrons. The first-order valence-corrected chi connectivity index (χ1v) is 5.90. The van der Waals surface area contributed by atoms with Gasteiger partial charge in [-0.3, -0.25) is 9.78 Å². The van der Waals surface area contributed by atoms with Crippen molar-refractivity contribution >= 4 is 28.1 Å². The normalized spacial score (nSPS) is 10.5. The molecule has 1 heterocycles. The summed E-state index contributed by atoms with van der Waals surface area (Å²) in [4.78, 5) is 19.2. The minimum Gasteiger partial charge on any atom is -0.265 e. The molecule has 0 bridgehead atoms. The van der Waals surface area contributed by atoms with E-state index in [4.69, 9.17) is 0 Å². The molecule has 2 aromatic rings. The van der Waals surface area contributed by atoms with Crippen molar-refractivity contribution in [1.82, 2.24) is 15.4 Å². The van der Waals surface area contributed by atoms with Crippen molar-refractivity contribution in [1.29, 1.82) is 0 Å². The number of hydrazone groups is 1. The summed E-state index contributed by atoms with van der Waals surface area (Å²) in [5.74, 6) is -0.397. The highest BCUT2D eigenvalue weighted by Crippen LogP contribution is 2.13. The van der Waals surface area contributed by atoms with E-state index >= 15 is 0 Å². The van der Waals surface area contributed by atoms with Crippen molar-refractivity contribution in [3.05, 3.63) is 58.6 Å². The Morgan fingerprint density at radius 3 is 2.89 bits per heavy atom. The zero-order valence-electron chi connectivity index (χ0n) is 9.25. The van der Waals surface area contributed by atoms with Gasteiger partial charge in [0.2, 0.25) is 0 Å². The first-order valence-electron chi connectivity index (χ1n) is 5.11. The number of carbonyl (C=O) groups excluding carboxylic acids is 1. The Balaban J connectivity index is 2.00. The van der Waals surface area contributed by atoms with Crippen molar-refractivity contribution in [3.63, 3.8) is 0 Å². The van der Waals surface area contributed by atoms with E-state index in [1.165, 1.54) is 18.6 Å². The van der Waals surface area contributed by atoms with Crippen molar-refractivity contribution < 1.29 is 4.79 Å².